The first-order valence-corrected chi connectivity index (χ1v) is 17.5. The molecule has 254 valence electrons. The van der Waals surface area contributed by atoms with Crippen molar-refractivity contribution in [2.75, 3.05) is 25.9 Å². The highest BCUT2D eigenvalue weighted by atomic mass is 79.9. The van der Waals surface area contributed by atoms with Crippen molar-refractivity contribution in [1.82, 2.24) is 20.3 Å². The van der Waals surface area contributed by atoms with Crippen molar-refractivity contribution >= 4 is 37.8 Å². The summed E-state index contributed by atoms with van der Waals surface area (Å²) in [6.45, 7) is 1.08. The second-order valence-corrected chi connectivity index (χ2v) is 14.2. The van der Waals surface area contributed by atoms with Crippen molar-refractivity contribution < 1.29 is 45.0 Å². The number of para-hydroxylation sites is 1. The Bertz CT molecular complexity index is 1480. The van der Waals surface area contributed by atoms with Crippen LogP contribution in [0.1, 0.15) is 43.2 Å². The highest BCUT2D eigenvalue weighted by Crippen LogP contribution is 2.28. The molecule has 2 amide bonds. The quantitative estimate of drug-likeness (QED) is 0.266. The number of ether oxygens (including phenoxy) is 2. The fourth-order valence-electron chi connectivity index (χ4n) is 5.70. The van der Waals surface area contributed by atoms with Gasteiger partial charge in [0.2, 0.25) is 21.8 Å². The zero-order valence-corrected chi connectivity index (χ0v) is 27.5. The summed E-state index contributed by atoms with van der Waals surface area (Å²) >= 11 is 3.20. The molecule has 16 heteroatoms. The number of nitrogens with one attached hydrogen (secondary N) is 3. The lowest BCUT2D eigenvalue weighted by atomic mass is 9.91. The van der Waals surface area contributed by atoms with Crippen molar-refractivity contribution in [3.05, 3.63) is 63.9 Å². The molecule has 0 unspecified atom stereocenters. The van der Waals surface area contributed by atoms with E-state index >= 15 is 0 Å². The van der Waals surface area contributed by atoms with Gasteiger partial charge < -0.3 is 25.0 Å². The predicted octanol–water partition coefficient (Wildman–Crippen LogP) is 3.99. The average Bonchev–Trinajstić information content (AvgIpc) is 3.41. The Hall–Kier alpha value is -2.79. The van der Waals surface area contributed by atoms with Crippen LogP contribution in [0.2, 0.25) is 0 Å². The number of alkyl halides is 3. The van der Waals surface area contributed by atoms with Gasteiger partial charge in [0.15, 0.2) is 0 Å². The molecule has 2 heterocycles. The van der Waals surface area contributed by atoms with Gasteiger partial charge in [-0.25, -0.2) is 17.5 Å². The van der Waals surface area contributed by atoms with Gasteiger partial charge >= 0.3 is 6.36 Å². The molecule has 3 atom stereocenters. The minimum Gasteiger partial charge on any atom is -0.405 e. The third-order valence-corrected chi connectivity index (χ3v) is 9.17. The Morgan fingerprint density at radius 3 is 2.52 bits per heavy atom. The first kappa shape index (κ1) is 36.1. The molecule has 0 radical (unpaired) electrons. The van der Waals surface area contributed by atoms with E-state index in [4.69, 9.17) is 4.74 Å². The molecule has 0 spiro atoms. The molecular weight excluding hydrogens is 700 g/mol. The molecule has 2 saturated heterocycles. The second-order valence-electron chi connectivity index (χ2n) is 11.5. The number of benzene rings is 2. The maximum atomic E-state index is 14.4. The Morgan fingerprint density at radius 1 is 1.13 bits per heavy atom. The molecular formula is C30H37BrF4N4O6S. The number of nitrogens with zero attached hydrogens (tertiary/aromatic N) is 1. The molecule has 2 aliphatic heterocycles. The van der Waals surface area contributed by atoms with E-state index in [1.165, 1.54) is 35.2 Å². The van der Waals surface area contributed by atoms with Crippen LogP contribution in [-0.2, 0) is 37.5 Å². The van der Waals surface area contributed by atoms with Gasteiger partial charge in [-0.15, -0.1) is 13.2 Å². The molecule has 3 N–H and O–H groups in total. The van der Waals surface area contributed by atoms with Crippen LogP contribution >= 0.6 is 15.9 Å². The summed E-state index contributed by atoms with van der Waals surface area (Å²) in [5.74, 6) is -1.99. The molecule has 2 aromatic rings. The molecule has 2 aliphatic rings. The van der Waals surface area contributed by atoms with Crippen LogP contribution in [0.25, 0.3) is 0 Å². The summed E-state index contributed by atoms with van der Waals surface area (Å²) in [7, 11) is -3.82. The highest BCUT2D eigenvalue weighted by Gasteiger charge is 2.43. The van der Waals surface area contributed by atoms with Gasteiger partial charge in [0.1, 0.15) is 23.7 Å². The van der Waals surface area contributed by atoms with Gasteiger partial charge in [-0.3, -0.25) is 9.59 Å². The zero-order chi connectivity index (χ0) is 33.5. The third kappa shape index (κ3) is 10.9. The number of carbonyl (C=O) groups excluding carboxylic acids is 2. The molecule has 0 aromatic heterocycles. The number of carbonyl (C=O) groups is 2. The minimum absolute atomic E-state index is 0.00366. The van der Waals surface area contributed by atoms with Crippen molar-refractivity contribution in [3.8, 4) is 5.75 Å². The summed E-state index contributed by atoms with van der Waals surface area (Å²) in [4.78, 5) is 28.7. The van der Waals surface area contributed by atoms with Crippen LogP contribution < -0.4 is 20.1 Å². The van der Waals surface area contributed by atoms with Crippen LogP contribution in [0, 0.1) is 11.7 Å². The first-order valence-electron chi connectivity index (χ1n) is 14.8. The molecule has 2 fully saturated rings. The number of halogens is 5. The summed E-state index contributed by atoms with van der Waals surface area (Å²) < 4.78 is 90.7. The topological polar surface area (TPSA) is 126 Å². The molecule has 46 heavy (non-hydrogen) atoms. The zero-order valence-electron chi connectivity index (χ0n) is 25.1. The standard InChI is InChI=1S/C30H37BrF4N4O6S/c1-46(42,43)38-25(9-6-19-10-12-36-13-11-19)29(41)39-17-23(44-18-21-7-8-22(31)14-24(21)32)15-26(39)28(40)37-16-20-4-2-3-5-27(20)45-30(33,34)35/h2-5,7-8,14,19,23,25-26,36,38H,6,9-13,15-18H2,1H3,(H,37,40)/t23-,25-,26+/m1/s1. The van der Waals surface area contributed by atoms with E-state index in [9.17, 15) is 35.6 Å². The van der Waals surface area contributed by atoms with Crippen molar-refractivity contribution in [2.45, 2.75) is 69.8 Å². The van der Waals surface area contributed by atoms with Gasteiger partial charge in [-0.1, -0.05) is 40.2 Å². The number of hydrogen-bond donors (Lipinski definition) is 3. The molecule has 4 rings (SSSR count). The number of piperidine rings is 1. The Morgan fingerprint density at radius 2 is 1.85 bits per heavy atom. The number of sulfonamides is 1. The smallest absolute Gasteiger partial charge is 0.405 e. The van der Waals surface area contributed by atoms with Crippen molar-refractivity contribution in [2.24, 2.45) is 5.92 Å². The van der Waals surface area contributed by atoms with Gasteiger partial charge in [0, 0.05) is 35.1 Å². The van der Waals surface area contributed by atoms with Crippen LogP contribution in [0.3, 0.4) is 0 Å². The monoisotopic (exact) mass is 736 g/mol. The van der Waals surface area contributed by atoms with E-state index in [0.29, 0.717) is 16.8 Å². The first-order chi connectivity index (χ1) is 21.7. The third-order valence-electron chi connectivity index (χ3n) is 7.97. The average molecular weight is 738 g/mol. The number of amides is 2. The van der Waals surface area contributed by atoms with E-state index in [-0.39, 0.29) is 43.7 Å². The van der Waals surface area contributed by atoms with Crippen LogP contribution in [0.5, 0.6) is 5.75 Å². The fourth-order valence-corrected chi connectivity index (χ4v) is 6.76. The largest absolute Gasteiger partial charge is 0.573 e. The van der Waals surface area contributed by atoms with Gasteiger partial charge in [-0.2, -0.15) is 0 Å². The highest BCUT2D eigenvalue weighted by molar-refractivity contribution is 9.10. The molecule has 0 bridgehead atoms. The molecule has 0 saturated carbocycles. The van der Waals surface area contributed by atoms with E-state index in [0.717, 1.165) is 38.3 Å². The van der Waals surface area contributed by atoms with Gasteiger partial charge in [-0.05, 0) is 62.9 Å². The number of rotatable bonds is 13. The van der Waals surface area contributed by atoms with Gasteiger partial charge in [0.05, 0.1) is 19.0 Å². The lowest BCUT2D eigenvalue weighted by molar-refractivity contribution is -0.274. The maximum absolute atomic E-state index is 14.4. The SMILES string of the molecule is CS(=O)(=O)N[C@H](CCC1CCNCC1)C(=O)N1C[C@H](OCc2ccc(Br)cc2F)C[C@H]1C(=O)NCc1ccccc1OC(F)(F)F. The summed E-state index contributed by atoms with van der Waals surface area (Å²) in [5, 5.41) is 5.85. The minimum atomic E-state index is -4.94. The Kier molecular flexibility index (Phi) is 12.4. The Balaban J connectivity index is 1.52. The van der Waals surface area contributed by atoms with E-state index in [1.54, 1.807) is 6.07 Å². The number of likely N-dealkylation sites (tertiary alicyclic amines) is 1. The van der Waals surface area contributed by atoms with E-state index < -0.39 is 58.0 Å². The van der Waals surface area contributed by atoms with Gasteiger partial charge in [0.25, 0.3) is 0 Å². The van der Waals surface area contributed by atoms with Crippen molar-refractivity contribution in [3.63, 3.8) is 0 Å². The normalized spacial score (nSPS) is 20.0. The van der Waals surface area contributed by atoms with Crippen LogP contribution in [0.4, 0.5) is 17.6 Å². The number of hydrogen-bond acceptors (Lipinski definition) is 7. The lowest BCUT2D eigenvalue weighted by Crippen LogP contribution is -2.53. The summed E-state index contributed by atoms with van der Waals surface area (Å²) in [6, 6.07) is 7.52. The van der Waals surface area contributed by atoms with E-state index in [2.05, 4.69) is 36.0 Å². The molecule has 0 aliphatic carbocycles. The van der Waals surface area contributed by atoms with Crippen molar-refractivity contribution in [1.29, 1.82) is 0 Å². The maximum Gasteiger partial charge on any atom is 0.573 e. The second kappa shape index (κ2) is 15.9. The predicted molar refractivity (Wildman–Crippen MR) is 164 cm³/mol. The fraction of sp³-hybridized carbons (Fsp3) is 0.533. The summed E-state index contributed by atoms with van der Waals surface area (Å²) in [5.41, 5.74) is 0.315. The molecule has 2 aromatic carbocycles. The Labute approximate surface area is 273 Å². The lowest BCUT2D eigenvalue weighted by Gasteiger charge is -2.30. The van der Waals surface area contributed by atoms with Crippen LogP contribution in [-0.4, -0.2) is 75.6 Å². The van der Waals surface area contributed by atoms with Crippen LogP contribution in [0.15, 0.2) is 46.9 Å². The van der Waals surface area contributed by atoms with E-state index in [1.807, 2.05) is 0 Å². The molecule has 10 nitrogen and oxygen atoms in total. The summed E-state index contributed by atoms with van der Waals surface area (Å²) in [6.07, 6.45) is -2.15.